The van der Waals surface area contributed by atoms with Crippen molar-refractivity contribution >= 4 is 45.1 Å². The van der Waals surface area contributed by atoms with E-state index in [9.17, 15) is 27.6 Å². The topological polar surface area (TPSA) is 124 Å². The van der Waals surface area contributed by atoms with Crippen molar-refractivity contribution in [1.29, 1.82) is 0 Å². The number of hydrogen-bond donors (Lipinski definition) is 1. The summed E-state index contributed by atoms with van der Waals surface area (Å²) in [6.45, 7) is 0.816. The molecule has 5 amide bonds. The lowest BCUT2D eigenvalue weighted by atomic mass is 10.0. The minimum absolute atomic E-state index is 0.00622. The number of likely N-dealkylation sites (N-methyl/N-ethyl adjacent to an activating group) is 1. The molecule has 0 spiro atoms. The van der Waals surface area contributed by atoms with Gasteiger partial charge in [-0.15, -0.1) is 11.3 Å². The van der Waals surface area contributed by atoms with Crippen LogP contribution in [0.15, 0.2) is 39.9 Å². The molecule has 0 saturated carbocycles. The second-order valence-electron chi connectivity index (χ2n) is 7.72. The average molecular weight is 491 g/mol. The highest BCUT2D eigenvalue weighted by molar-refractivity contribution is 7.91. The van der Waals surface area contributed by atoms with Crippen molar-refractivity contribution in [2.45, 2.75) is 23.6 Å². The zero-order valence-electron chi connectivity index (χ0n) is 17.8. The number of amides is 5. The Balaban J connectivity index is 1.32. The molecule has 3 heterocycles. The van der Waals surface area contributed by atoms with Crippen LogP contribution in [0.2, 0.25) is 0 Å². The van der Waals surface area contributed by atoms with Crippen LogP contribution < -0.4 is 5.32 Å². The quantitative estimate of drug-likeness (QED) is 0.351. The highest BCUT2D eigenvalue weighted by atomic mass is 32.2. The van der Waals surface area contributed by atoms with E-state index in [0.717, 1.165) is 32.3 Å². The van der Waals surface area contributed by atoms with Gasteiger partial charge in [-0.05, 0) is 30.0 Å². The van der Waals surface area contributed by atoms with Crippen LogP contribution >= 0.6 is 11.3 Å². The van der Waals surface area contributed by atoms with Gasteiger partial charge in [0.1, 0.15) is 4.21 Å². The molecule has 1 aromatic carbocycles. The summed E-state index contributed by atoms with van der Waals surface area (Å²) in [5.41, 5.74) is 2.34. The number of nitrogens with zero attached hydrogens (tertiary/aromatic N) is 3. The first-order chi connectivity index (χ1) is 15.7. The molecule has 0 unspecified atom stereocenters. The number of sulfonamides is 1. The van der Waals surface area contributed by atoms with Crippen molar-refractivity contribution in [2.75, 3.05) is 26.7 Å². The van der Waals surface area contributed by atoms with Crippen molar-refractivity contribution in [3.63, 3.8) is 0 Å². The zero-order valence-corrected chi connectivity index (χ0v) is 19.4. The first kappa shape index (κ1) is 23.1. The summed E-state index contributed by atoms with van der Waals surface area (Å²) in [6, 6.07) is 8.40. The number of rotatable bonds is 7. The number of carbonyl (C=O) groups is 4. The molecule has 0 bridgehead atoms. The normalized spacial score (nSPS) is 16.9. The third kappa shape index (κ3) is 4.41. The maximum atomic E-state index is 13.1. The number of fused-ring (bicyclic) bond motifs is 1. The largest absolute Gasteiger partial charge is 0.352 e. The Hall–Kier alpha value is -3.09. The lowest BCUT2D eigenvalue weighted by molar-refractivity contribution is -0.142. The predicted octanol–water partition coefficient (Wildman–Crippen LogP) is 1.04. The minimum Gasteiger partial charge on any atom is -0.352 e. The Morgan fingerprint density at radius 3 is 2.55 bits per heavy atom. The number of benzene rings is 1. The fourth-order valence-corrected chi connectivity index (χ4v) is 6.46. The molecule has 1 aromatic heterocycles. The van der Waals surface area contributed by atoms with Crippen LogP contribution in [0.4, 0.5) is 4.79 Å². The Kier molecular flexibility index (Phi) is 6.32. The van der Waals surface area contributed by atoms with Gasteiger partial charge in [0.25, 0.3) is 15.9 Å². The van der Waals surface area contributed by atoms with E-state index in [1.165, 1.54) is 22.8 Å². The molecule has 33 heavy (non-hydrogen) atoms. The van der Waals surface area contributed by atoms with Gasteiger partial charge < -0.3 is 5.32 Å². The number of hydrogen-bond acceptors (Lipinski definition) is 7. The zero-order chi connectivity index (χ0) is 23.8. The third-order valence-electron chi connectivity index (χ3n) is 5.62. The van der Waals surface area contributed by atoms with Crippen LogP contribution in [0.25, 0.3) is 0 Å². The van der Waals surface area contributed by atoms with Crippen LogP contribution in [-0.2, 0) is 32.6 Å². The van der Waals surface area contributed by atoms with Gasteiger partial charge in [-0.25, -0.2) is 13.2 Å². The van der Waals surface area contributed by atoms with Gasteiger partial charge in [0.2, 0.25) is 0 Å². The van der Waals surface area contributed by atoms with Crippen molar-refractivity contribution in [2.24, 2.45) is 0 Å². The lowest BCUT2D eigenvalue weighted by Crippen LogP contribution is -2.35. The van der Waals surface area contributed by atoms with Crippen LogP contribution in [0, 0.1) is 0 Å². The van der Waals surface area contributed by atoms with Crippen molar-refractivity contribution < 1.29 is 27.6 Å². The molecular formula is C21H22N4O6S2. The number of thiophene rings is 1. The van der Waals surface area contributed by atoms with E-state index in [1.807, 2.05) is 24.3 Å². The fourth-order valence-electron chi connectivity index (χ4n) is 3.73. The SMILES string of the molecule is CN1C(=O)C(=O)N(CCCNC(=O)c2csc(S(=O)(=O)N3CCc4ccccc4C3)c2)C1=O. The summed E-state index contributed by atoms with van der Waals surface area (Å²) in [6.07, 6.45) is 0.893. The number of imide groups is 2. The smallest absolute Gasteiger partial charge is 0.333 e. The van der Waals surface area contributed by atoms with E-state index in [4.69, 9.17) is 0 Å². The fraction of sp³-hybridized carbons (Fsp3) is 0.333. The van der Waals surface area contributed by atoms with Gasteiger partial charge in [0.15, 0.2) is 0 Å². The summed E-state index contributed by atoms with van der Waals surface area (Å²) in [4.78, 5) is 49.1. The number of nitrogens with one attached hydrogen (secondary N) is 1. The van der Waals surface area contributed by atoms with Gasteiger partial charge in [-0.1, -0.05) is 24.3 Å². The molecule has 1 N–H and O–H groups in total. The van der Waals surface area contributed by atoms with Gasteiger partial charge in [-0.2, -0.15) is 4.31 Å². The second kappa shape index (κ2) is 9.04. The Labute approximate surface area is 194 Å². The second-order valence-corrected chi connectivity index (χ2v) is 10.8. The maximum Gasteiger partial charge on any atom is 0.333 e. The van der Waals surface area contributed by atoms with Crippen LogP contribution in [0.1, 0.15) is 27.9 Å². The summed E-state index contributed by atoms with van der Waals surface area (Å²) in [5, 5.41) is 4.13. The standard InChI is InChI=1S/C21H22N4O6S2/c1-23-19(27)20(28)25(21(23)29)9-4-8-22-18(26)16-11-17(32-13-16)33(30,31)24-10-7-14-5-2-3-6-15(14)12-24/h2-3,5-6,11,13H,4,7-10,12H2,1H3,(H,22,26). The Morgan fingerprint density at radius 2 is 1.85 bits per heavy atom. The van der Waals surface area contributed by atoms with Crippen molar-refractivity contribution in [3.05, 3.63) is 52.4 Å². The molecule has 0 atom stereocenters. The molecule has 1 fully saturated rings. The van der Waals surface area contributed by atoms with E-state index >= 15 is 0 Å². The Bertz CT molecular complexity index is 1240. The highest BCUT2D eigenvalue weighted by Gasteiger charge is 2.41. The van der Waals surface area contributed by atoms with Crippen LogP contribution in [0.5, 0.6) is 0 Å². The van der Waals surface area contributed by atoms with Gasteiger partial charge in [0, 0.05) is 38.6 Å². The van der Waals surface area contributed by atoms with Crippen molar-refractivity contribution in [1.82, 2.24) is 19.4 Å². The minimum atomic E-state index is -3.72. The molecule has 4 rings (SSSR count). The van der Waals surface area contributed by atoms with E-state index in [-0.39, 0.29) is 29.3 Å². The van der Waals surface area contributed by atoms with Crippen LogP contribution in [0.3, 0.4) is 0 Å². The molecule has 12 heteroatoms. The predicted molar refractivity (Wildman–Crippen MR) is 119 cm³/mol. The Morgan fingerprint density at radius 1 is 1.12 bits per heavy atom. The van der Waals surface area contributed by atoms with Gasteiger partial charge in [-0.3, -0.25) is 24.2 Å². The monoisotopic (exact) mass is 490 g/mol. The van der Waals surface area contributed by atoms with E-state index in [1.54, 1.807) is 0 Å². The summed E-state index contributed by atoms with van der Waals surface area (Å²) in [5.74, 6) is -2.22. The molecule has 1 saturated heterocycles. The first-order valence-corrected chi connectivity index (χ1v) is 12.6. The molecule has 0 radical (unpaired) electrons. The van der Waals surface area contributed by atoms with Gasteiger partial charge in [0.05, 0.1) is 5.56 Å². The van der Waals surface area contributed by atoms with E-state index < -0.39 is 33.8 Å². The van der Waals surface area contributed by atoms with E-state index in [2.05, 4.69) is 5.32 Å². The number of carbonyl (C=O) groups excluding carboxylic acids is 4. The summed E-state index contributed by atoms with van der Waals surface area (Å²) >= 11 is 0.989. The summed E-state index contributed by atoms with van der Waals surface area (Å²) in [7, 11) is -2.49. The van der Waals surface area contributed by atoms with Crippen molar-refractivity contribution in [3.8, 4) is 0 Å². The van der Waals surface area contributed by atoms with Crippen LogP contribution in [-0.4, -0.2) is 73.0 Å². The van der Waals surface area contributed by atoms with E-state index in [0.29, 0.717) is 19.5 Å². The molecular weight excluding hydrogens is 468 g/mol. The molecule has 2 aliphatic rings. The third-order valence-corrected chi connectivity index (χ3v) is 8.88. The molecule has 2 aromatic rings. The first-order valence-electron chi connectivity index (χ1n) is 10.3. The number of urea groups is 1. The molecule has 0 aliphatic carbocycles. The average Bonchev–Trinajstić information content (AvgIpc) is 3.39. The van der Waals surface area contributed by atoms with Gasteiger partial charge >= 0.3 is 17.8 Å². The molecule has 174 valence electrons. The summed E-state index contributed by atoms with van der Waals surface area (Å²) < 4.78 is 27.6. The highest BCUT2D eigenvalue weighted by Crippen LogP contribution is 2.28. The lowest BCUT2D eigenvalue weighted by Gasteiger charge is -2.27. The molecule has 10 nitrogen and oxygen atoms in total. The maximum absolute atomic E-state index is 13.1. The molecule has 2 aliphatic heterocycles.